The van der Waals surface area contributed by atoms with Crippen LogP contribution >= 0.6 is 0 Å². The highest BCUT2D eigenvalue weighted by Crippen LogP contribution is 2.25. The van der Waals surface area contributed by atoms with Gasteiger partial charge in [0.05, 0.1) is 11.1 Å². The van der Waals surface area contributed by atoms with Gasteiger partial charge in [-0.25, -0.2) is 14.2 Å². The highest BCUT2D eigenvalue weighted by molar-refractivity contribution is 6.04. The van der Waals surface area contributed by atoms with Crippen molar-refractivity contribution in [2.24, 2.45) is 0 Å². The molecule has 0 fully saturated rings. The van der Waals surface area contributed by atoms with Crippen LogP contribution in [-0.4, -0.2) is 41.0 Å². The normalized spacial score (nSPS) is 10.7. The van der Waals surface area contributed by atoms with Gasteiger partial charge in [0, 0.05) is 37.3 Å². The summed E-state index contributed by atoms with van der Waals surface area (Å²) >= 11 is 0. The first-order valence-electron chi connectivity index (χ1n) is 10.4. The first-order chi connectivity index (χ1) is 16.3. The van der Waals surface area contributed by atoms with Crippen molar-refractivity contribution in [2.45, 2.75) is 6.54 Å². The maximum absolute atomic E-state index is 13.0. The molecule has 4 rings (SSSR count). The molecule has 8 nitrogen and oxygen atoms in total. The highest BCUT2D eigenvalue weighted by Gasteiger charge is 2.13. The van der Waals surface area contributed by atoms with Crippen LogP contribution in [0.4, 0.5) is 21.8 Å². The van der Waals surface area contributed by atoms with Gasteiger partial charge in [-0.1, -0.05) is 12.1 Å². The quantitative estimate of drug-likeness (QED) is 0.376. The minimum absolute atomic E-state index is 0.151. The molecule has 0 aliphatic rings. The summed E-state index contributed by atoms with van der Waals surface area (Å²) in [6.45, 7) is 0.419. The average molecular weight is 459 g/mol. The van der Waals surface area contributed by atoms with Crippen molar-refractivity contribution in [1.29, 1.82) is 0 Å². The number of carboxylic acid groups (broad SMARTS) is 1. The van der Waals surface area contributed by atoms with Gasteiger partial charge < -0.3 is 20.6 Å². The number of carboxylic acids is 1. The predicted octanol–water partition coefficient (Wildman–Crippen LogP) is 4.40. The number of benzene rings is 3. The van der Waals surface area contributed by atoms with E-state index in [9.17, 15) is 19.1 Å². The van der Waals surface area contributed by atoms with Gasteiger partial charge in [0.2, 0.25) is 5.95 Å². The standard InChI is InChI=1S/C25H22FN5O3/c1-31(2)25-29-21-12-7-17(24(33)34)13-20(21)22(30-25)27-14-15-3-10-19(11-4-15)28-23(32)16-5-8-18(26)9-6-16/h3-13H,14H2,1-2H3,(H,28,32)(H,33,34)(H,27,29,30). The van der Waals surface area contributed by atoms with E-state index in [-0.39, 0.29) is 11.5 Å². The molecule has 0 aliphatic heterocycles. The van der Waals surface area contributed by atoms with E-state index in [2.05, 4.69) is 20.6 Å². The van der Waals surface area contributed by atoms with Gasteiger partial charge in [0.15, 0.2) is 0 Å². The molecule has 0 saturated heterocycles. The molecule has 0 atom stereocenters. The Morgan fingerprint density at radius 1 is 0.941 bits per heavy atom. The number of aromatic carboxylic acids is 1. The topological polar surface area (TPSA) is 107 Å². The molecule has 1 amide bonds. The number of fused-ring (bicyclic) bond motifs is 1. The van der Waals surface area contributed by atoms with E-state index in [0.717, 1.165) is 5.56 Å². The Balaban J connectivity index is 1.50. The van der Waals surface area contributed by atoms with E-state index in [1.165, 1.54) is 30.3 Å². The summed E-state index contributed by atoms with van der Waals surface area (Å²) in [7, 11) is 3.66. The van der Waals surface area contributed by atoms with E-state index >= 15 is 0 Å². The third-order valence-corrected chi connectivity index (χ3v) is 5.11. The number of carbonyl (C=O) groups is 2. The van der Waals surface area contributed by atoms with Crippen LogP contribution in [-0.2, 0) is 6.54 Å². The van der Waals surface area contributed by atoms with Gasteiger partial charge >= 0.3 is 5.97 Å². The van der Waals surface area contributed by atoms with E-state index in [1.54, 1.807) is 29.2 Å². The number of nitrogens with zero attached hydrogens (tertiary/aromatic N) is 3. The predicted molar refractivity (Wildman–Crippen MR) is 129 cm³/mol. The maximum atomic E-state index is 13.0. The second-order valence-electron chi connectivity index (χ2n) is 7.82. The Kier molecular flexibility index (Phi) is 6.35. The fourth-order valence-corrected chi connectivity index (χ4v) is 3.28. The molecule has 0 spiro atoms. The lowest BCUT2D eigenvalue weighted by Crippen LogP contribution is -2.14. The smallest absolute Gasteiger partial charge is 0.335 e. The highest BCUT2D eigenvalue weighted by atomic mass is 19.1. The van der Waals surface area contributed by atoms with Crippen molar-refractivity contribution in [2.75, 3.05) is 29.6 Å². The Morgan fingerprint density at radius 2 is 1.62 bits per heavy atom. The summed E-state index contributed by atoms with van der Waals surface area (Å²) in [5.41, 5.74) is 2.67. The van der Waals surface area contributed by atoms with Crippen molar-refractivity contribution in [3.63, 3.8) is 0 Å². The molecule has 4 aromatic rings. The molecule has 3 N–H and O–H groups in total. The molecule has 0 bridgehead atoms. The van der Waals surface area contributed by atoms with Crippen LogP contribution in [0.2, 0.25) is 0 Å². The second kappa shape index (κ2) is 9.53. The van der Waals surface area contributed by atoms with E-state index < -0.39 is 11.8 Å². The number of amides is 1. The van der Waals surface area contributed by atoms with E-state index in [1.807, 2.05) is 26.2 Å². The van der Waals surface area contributed by atoms with Gasteiger partial charge in [-0.3, -0.25) is 4.79 Å². The number of aromatic nitrogens is 2. The number of hydrogen-bond acceptors (Lipinski definition) is 6. The number of rotatable bonds is 7. The Hall–Kier alpha value is -4.53. The molecule has 0 unspecified atom stereocenters. The molecular formula is C25H22FN5O3. The summed E-state index contributed by atoms with van der Waals surface area (Å²) in [6.07, 6.45) is 0. The molecule has 0 saturated carbocycles. The van der Waals surface area contributed by atoms with Crippen molar-refractivity contribution >= 4 is 40.2 Å². The van der Waals surface area contributed by atoms with Crippen molar-refractivity contribution in [1.82, 2.24) is 9.97 Å². The van der Waals surface area contributed by atoms with Crippen LogP contribution in [0, 0.1) is 5.82 Å². The fraction of sp³-hybridized carbons (Fsp3) is 0.120. The summed E-state index contributed by atoms with van der Waals surface area (Å²) in [5, 5.41) is 16.0. The molecule has 34 heavy (non-hydrogen) atoms. The Morgan fingerprint density at radius 3 is 2.26 bits per heavy atom. The number of anilines is 3. The molecule has 1 aromatic heterocycles. The molecule has 9 heteroatoms. The third kappa shape index (κ3) is 5.09. The average Bonchev–Trinajstić information content (AvgIpc) is 2.83. The molecule has 172 valence electrons. The summed E-state index contributed by atoms with van der Waals surface area (Å²) < 4.78 is 13.0. The fourth-order valence-electron chi connectivity index (χ4n) is 3.28. The summed E-state index contributed by atoms with van der Waals surface area (Å²) in [4.78, 5) is 34.5. The minimum Gasteiger partial charge on any atom is -0.478 e. The van der Waals surface area contributed by atoms with Crippen molar-refractivity contribution in [3.8, 4) is 0 Å². The lowest BCUT2D eigenvalue weighted by Gasteiger charge is -2.15. The zero-order valence-corrected chi connectivity index (χ0v) is 18.5. The zero-order chi connectivity index (χ0) is 24.2. The number of nitrogens with one attached hydrogen (secondary N) is 2. The van der Waals surface area contributed by atoms with Gasteiger partial charge in [0.25, 0.3) is 5.91 Å². The van der Waals surface area contributed by atoms with Crippen LogP contribution in [0.5, 0.6) is 0 Å². The van der Waals surface area contributed by atoms with Crippen LogP contribution in [0.25, 0.3) is 10.9 Å². The zero-order valence-electron chi connectivity index (χ0n) is 18.5. The first-order valence-corrected chi connectivity index (χ1v) is 10.4. The Labute approximate surface area is 195 Å². The third-order valence-electron chi connectivity index (χ3n) is 5.11. The van der Waals surface area contributed by atoms with Gasteiger partial charge in [-0.05, 0) is 60.2 Å². The lowest BCUT2D eigenvalue weighted by atomic mass is 10.1. The number of halogens is 1. The van der Waals surface area contributed by atoms with Gasteiger partial charge in [-0.15, -0.1) is 0 Å². The monoisotopic (exact) mass is 459 g/mol. The van der Waals surface area contributed by atoms with Gasteiger partial charge in [-0.2, -0.15) is 4.98 Å². The largest absolute Gasteiger partial charge is 0.478 e. The van der Waals surface area contributed by atoms with E-state index in [4.69, 9.17) is 0 Å². The van der Waals surface area contributed by atoms with E-state index in [0.29, 0.717) is 40.5 Å². The molecule has 0 radical (unpaired) electrons. The minimum atomic E-state index is -1.03. The first kappa shape index (κ1) is 22.7. The van der Waals surface area contributed by atoms with Gasteiger partial charge in [0.1, 0.15) is 11.6 Å². The van der Waals surface area contributed by atoms with Crippen molar-refractivity contribution < 1.29 is 19.1 Å². The number of hydrogen-bond donors (Lipinski definition) is 3. The lowest BCUT2D eigenvalue weighted by molar-refractivity contribution is 0.0697. The molecular weight excluding hydrogens is 437 g/mol. The van der Waals surface area contributed by atoms with Crippen LogP contribution in [0.3, 0.4) is 0 Å². The maximum Gasteiger partial charge on any atom is 0.335 e. The van der Waals surface area contributed by atoms with Crippen LogP contribution in [0.15, 0.2) is 66.7 Å². The second-order valence-corrected chi connectivity index (χ2v) is 7.82. The molecule has 3 aromatic carbocycles. The summed E-state index contributed by atoms with van der Waals surface area (Å²) in [6, 6.07) is 17.3. The summed E-state index contributed by atoms with van der Waals surface area (Å²) in [5.74, 6) is -0.740. The molecule has 1 heterocycles. The van der Waals surface area contributed by atoms with Crippen molar-refractivity contribution in [3.05, 3.63) is 89.2 Å². The SMILES string of the molecule is CN(C)c1nc(NCc2ccc(NC(=O)c3ccc(F)cc3)cc2)c2cc(C(=O)O)ccc2n1. The Bertz CT molecular complexity index is 1360. The number of carbonyl (C=O) groups excluding carboxylic acids is 1. The molecule has 0 aliphatic carbocycles. The van der Waals surface area contributed by atoms with Crippen LogP contribution in [0.1, 0.15) is 26.3 Å². The van der Waals surface area contributed by atoms with Crippen LogP contribution < -0.4 is 15.5 Å².